The second-order valence-electron chi connectivity index (χ2n) is 5.44. The Morgan fingerprint density at radius 3 is 2.50 bits per heavy atom. The Kier molecular flexibility index (Phi) is 7.65. The fourth-order valence-corrected chi connectivity index (χ4v) is 2.76. The number of carbonyl (C=O) groups excluding carboxylic acids is 1. The molecule has 1 heterocycles. The molecule has 1 fully saturated rings. The van der Waals surface area contributed by atoms with E-state index in [1.54, 1.807) is 7.11 Å². The standard InChI is InChI=1S/C16H24N2O3.ClH/c1-20-14-4-2-13(3-5-14)16(7-10-21-11-8-16)12-18-15(19)6-9-17;/h2-5H,6-12,17H2,1H3,(H,18,19);1H. The van der Waals surface area contributed by atoms with Crippen molar-refractivity contribution in [1.82, 2.24) is 5.32 Å². The number of methoxy groups -OCH3 is 1. The molecule has 0 aliphatic carbocycles. The molecule has 0 bridgehead atoms. The van der Waals surface area contributed by atoms with Gasteiger partial charge in [-0.1, -0.05) is 12.1 Å². The zero-order chi connectivity index (χ0) is 15.1. The summed E-state index contributed by atoms with van der Waals surface area (Å²) in [5, 5.41) is 3.02. The first-order valence-corrected chi connectivity index (χ1v) is 7.39. The molecule has 0 atom stereocenters. The zero-order valence-electron chi connectivity index (χ0n) is 13.0. The van der Waals surface area contributed by atoms with Crippen molar-refractivity contribution in [3.05, 3.63) is 29.8 Å². The molecule has 0 unspecified atom stereocenters. The Hall–Kier alpha value is -1.30. The van der Waals surface area contributed by atoms with Crippen molar-refractivity contribution >= 4 is 18.3 Å². The van der Waals surface area contributed by atoms with Crippen LogP contribution < -0.4 is 15.8 Å². The molecular formula is C16H25ClN2O3. The van der Waals surface area contributed by atoms with Gasteiger partial charge in [-0.05, 0) is 30.5 Å². The summed E-state index contributed by atoms with van der Waals surface area (Å²) in [5.41, 5.74) is 6.58. The first-order valence-electron chi connectivity index (χ1n) is 7.39. The maximum atomic E-state index is 11.7. The van der Waals surface area contributed by atoms with Crippen LogP contribution in [0, 0.1) is 0 Å². The number of hydrogen-bond acceptors (Lipinski definition) is 4. The zero-order valence-corrected chi connectivity index (χ0v) is 13.8. The lowest BCUT2D eigenvalue weighted by atomic mass is 9.74. The molecule has 5 nitrogen and oxygen atoms in total. The molecule has 6 heteroatoms. The van der Waals surface area contributed by atoms with Crippen molar-refractivity contribution in [2.45, 2.75) is 24.7 Å². The van der Waals surface area contributed by atoms with Crippen molar-refractivity contribution in [3.8, 4) is 5.75 Å². The van der Waals surface area contributed by atoms with E-state index in [0.29, 0.717) is 19.5 Å². The second-order valence-corrected chi connectivity index (χ2v) is 5.44. The largest absolute Gasteiger partial charge is 0.497 e. The number of nitrogens with two attached hydrogens (primary N) is 1. The fraction of sp³-hybridized carbons (Fsp3) is 0.562. The van der Waals surface area contributed by atoms with Crippen LogP contribution >= 0.6 is 12.4 Å². The Morgan fingerprint density at radius 1 is 1.32 bits per heavy atom. The molecule has 0 saturated carbocycles. The molecule has 0 radical (unpaired) electrons. The van der Waals surface area contributed by atoms with Gasteiger partial charge in [-0.3, -0.25) is 4.79 Å². The van der Waals surface area contributed by atoms with Crippen LogP contribution in [-0.2, 0) is 14.9 Å². The minimum absolute atomic E-state index is 0. The maximum Gasteiger partial charge on any atom is 0.221 e. The number of ether oxygens (including phenoxy) is 2. The van der Waals surface area contributed by atoms with Crippen molar-refractivity contribution in [1.29, 1.82) is 0 Å². The molecule has 1 aliphatic rings. The Balaban J connectivity index is 0.00000242. The van der Waals surface area contributed by atoms with Gasteiger partial charge in [-0.25, -0.2) is 0 Å². The molecule has 22 heavy (non-hydrogen) atoms. The number of benzene rings is 1. The van der Waals surface area contributed by atoms with Crippen LogP contribution in [0.15, 0.2) is 24.3 Å². The van der Waals surface area contributed by atoms with Crippen molar-refractivity contribution in [2.24, 2.45) is 5.73 Å². The Morgan fingerprint density at radius 2 is 1.95 bits per heavy atom. The summed E-state index contributed by atoms with van der Waals surface area (Å²) in [6.45, 7) is 2.45. The lowest BCUT2D eigenvalue weighted by Crippen LogP contribution is -2.44. The number of hydrogen-bond donors (Lipinski definition) is 2. The minimum Gasteiger partial charge on any atom is -0.497 e. The third-order valence-corrected chi connectivity index (χ3v) is 4.15. The van der Waals surface area contributed by atoms with Gasteiger partial charge in [0.2, 0.25) is 5.91 Å². The first kappa shape index (κ1) is 18.7. The van der Waals surface area contributed by atoms with Gasteiger partial charge in [0.15, 0.2) is 0 Å². The van der Waals surface area contributed by atoms with E-state index in [1.807, 2.05) is 12.1 Å². The second kappa shape index (κ2) is 8.98. The van der Waals surface area contributed by atoms with E-state index in [1.165, 1.54) is 5.56 Å². The van der Waals surface area contributed by atoms with Crippen molar-refractivity contribution in [2.75, 3.05) is 33.4 Å². The van der Waals surface area contributed by atoms with Crippen LogP contribution in [0.3, 0.4) is 0 Å². The predicted octanol–water partition coefficient (Wildman–Crippen LogP) is 1.63. The van der Waals surface area contributed by atoms with E-state index >= 15 is 0 Å². The van der Waals surface area contributed by atoms with E-state index in [-0.39, 0.29) is 23.7 Å². The van der Waals surface area contributed by atoms with Crippen molar-refractivity contribution < 1.29 is 14.3 Å². The Bertz CT molecular complexity index is 459. The van der Waals surface area contributed by atoms with E-state index in [2.05, 4.69) is 17.4 Å². The SMILES string of the molecule is COc1ccc(C2(CNC(=O)CCN)CCOCC2)cc1.Cl. The summed E-state index contributed by atoms with van der Waals surface area (Å²) in [5.74, 6) is 0.852. The van der Waals surface area contributed by atoms with Gasteiger partial charge >= 0.3 is 0 Å². The van der Waals surface area contributed by atoms with Crippen LogP contribution in [0.1, 0.15) is 24.8 Å². The van der Waals surface area contributed by atoms with Gasteiger partial charge < -0.3 is 20.5 Å². The molecule has 1 amide bonds. The van der Waals surface area contributed by atoms with Gasteiger partial charge in [0.25, 0.3) is 0 Å². The van der Waals surface area contributed by atoms with E-state index in [9.17, 15) is 4.79 Å². The summed E-state index contributed by atoms with van der Waals surface area (Å²) in [7, 11) is 1.66. The average molecular weight is 329 g/mol. The van der Waals surface area contributed by atoms with E-state index < -0.39 is 0 Å². The molecule has 124 valence electrons. The third-order valence-electron chi connectivity index (χ3n) is 4.15. The summed E-state index contributed by atoms with van der Waals surface area (Å²) < 4.78 is 10.7. The lowest BCUT2D eigenvalue weighted by Gasteiger charge is -2.38. The monoisotopic (exact) mass is 328 g/mol. The molecule has 1 saturated heterocycles. The summed E-state index contributed by atoms with van der Waals surface area (Å²) in [4.78, 5) is 11.7. The van der Waals surface area contributed by atoms with Gasteiger partial charge in [-0.15, -0.1) is 12.4 Å². The minimum atomic E-state index is -0.0607. The smallest absolute Gasteiger partial charge is 0.221 e. The topological polar surface area (TPSA) is 73.6 Å². The fourth-order valence-electron chi connectivity index (χ4n) is 2.76. The molecule has 0 spiro atoms. The highest BCUT2D eigenvalue weighted by Crippen LogP contribution is 2.35. The van der Waals surface area contributed by atoms with Crippen LogP contribution in [-0.4, -0.2) is 39.3 Å². The van der Waals surface area contributed by atoms with Crippen LogP contribution in [0.2, 0.25) is 0 Å². The number of nitrogens with one attached hydrogen (secondary N) is 1. The van der Waals surface area contributed by atoms with E-state index in [4.69, 9.17) is 15.2 Å². The molecule has 1 aromatic carbocycles. The molecular weight excluding hydrogens is 304 g/mol. The molecule has 2 rings (SSSR count). The highest BCUT2D eigenvalue weighted by Gasteiger charge is 2.34. The number of rotatable bonds is 6. The van der Waals surface area contributed by atoms with Gasteiger partial charge in [0, 0.05) is 38.1 Å². The van der Waals surface area contributed by atoms with Crippen LogP contribution in [0.4, 0.5) is 0 Å². The molecule has 0 aromatic heterocycles. The highest BCUT2D eigenvalue weighted by molar-refractivity contribution is 5.85. The molecule has 1 aromatic rings. The lowest BCUT2D eigenvalue weighted by molar-refractivity contribution is -0.121. The number of carbonyl (C=O) groups is 1. The average Bonchev–Trinajstić information content (AvgIpc) is 2.54. The third kappa shape index (κ3) is 4.60. The quantitative estimate of drug-likeness (QED) is 0.832. The summed E-state index contributed by atoms with van der Waals surface area (Å²) >= 11 is 0. The van der Waals surface area contributed by atoms with Gasteiger partial charge in [0.1, 0.15) is 5.75 Å². The van der Waals surface area contributed by atoms with Gasteiger partial charge in [-0.2, -0.15) is 0 Å². The van der Waals surface area contributed by atoms with E-state index in [0.717, 1.165) is 31.8 Å². The molecule has 3 N–H and O–H groups in total. The summed E-state index contributed by atoms with van der Waals surface area (Å²) in [6, 6.07) is 8.10. The maximum absolute atomic E-state index is 11.7. The first-order chi connectivity index (χ1) is 10.2. The van der Waals surface area contributed by atoms with Crippen LogP contribution in [0.25, 0.3) is 0 Å². The number of halogens is 1. The molecule has 1 aliphatic heterocycles. The number of amides is 1. The van der Waals surface area contributed by atoms with Crippen LogP contribution in [0.5, 0.6) is 5.75 Å². The predicted molar refractivity (Wildman–Crippen MR) is 88.7 cm³/mol. The highest BCUT2D eigenvalue weighted by atomic mass is 35.5. The van der Waals surface area contributed by atoms with Gasteiger partial charge in [0.05, 0.1) is 7.11 Å². The Labute approximate surface area is 138 Å². The van der Waals surface area contributed by atoms with Crippen molar-refractivity contribution in [3.63, 3.8) is 0 Å². The summed E-state index contributed by atoms with van der Waals surface area (Å²) in [6.07, 6.45) is 2.18. The normalized spacial score (nSPS) is 16.5.